The van der Waals surface area contributed by atoms with Crippen LogP contribution in [0.5, 0.6) is 0 Å². The van der Waals surface area contributed by atoms with Crippen LogP contribution >= 0.6 is 0 Å². The van der Waals surface area contributed by atoms with Gasteiger partial charge in [-0.2, -0.15) is 0 Å². The van der Waals surface area contributed by atoms with Crippen molar-refractivity contribution in [2.45, 2.75) is 45.7 Å². The lowest BCUT2D eigenvalue weighted by Crippen LogP contribution is -2.54. The van der Waals surface area contributed by atoms with Crippen molar-refractivity contribution in [2.75, 3.05) is 4.90 Å². The molecule has 1 N–H and O–H groups in total. The number of carbonyl (C=O) groups is 1. The molecule has 0 fully saturated rings. The Morgan fingerprint density at radius 3 is 2.58 bits per heavy atom. The highest BCUT2D eigenvalue weighted by Gasteiger charge is 2.38. The van der Waals surface area contributed by atoms with Gasteiger partial charge in [-0.25, -0.2) is 4.79 Å². The number of hydrogen-bond donors (Lipinski definition) is 1. The van der Waals surface area contributed by atoms with Crippen molar-refractivity contribution >= 4 is 17.2 Å². The minimum absolute atomic E-state index is 0.294. The van der Waals surface area contributed by atoms with Crippen LogP contribution in [0.15, 0.2) is 30.3 Å². The Bertz CT molecular complexity index is 531. The number of carboxylic acid groups (broad SMARTS) is 1. The van der Waals surface area contributed by atoms with E-state index in [1.807, 2.05) is 30.0 Å². The lowest BCUT2D eigenvalue weighted by molar-refractivity contribution is -0.139. The molecule has 1 aromatic carbocycles. The Labute approximate surface area is 114 Å². The number of nitrogens with zero attached hydrogens (tertiary/aromatic N) is 1. The Morgan fingerprint density at radius 2 is 2.00 bits per heavy atom. The van der Waals surface area contributed by atoms with Crippen LogP contribution in [-0.4, -0.2) is 22.7 Å². The molecule has 0 saturated heterocycles. The van der Waals surface area contributed by atoms with Crippen molar-refractivity contribution in [2.24, 2.45) is 0 Å². The van der Waals surface area contributed by atoms with Crippen LogP contribution in [0.25, 0.3) is 5.57 Å². The van der Waals surface area contributed by atoms with Gasteiger partial charge in [0.25, 0.3) is 0 Å². The van der Waals surface area contributed by atoms with E-state index >= 15 is 0 Å². The highest BCUT2D eigenvalue weighted by molar-refractivity contribution is 5.86. The number of allylic oxidation sites excluding steroid dienone is 1. The molecule has 0 aliphatic carbocycles. The Balaban J connectivity index is 2.61. The lowest BCUT2D eigenvalue weighted by Gasteiger charge is -2.46. The quantitative estimate of drug-likeness (QED) is 0.902. The van der Waals surface area contributed by atoms with Gasteiger partial charge in [-0.1, -0.05) is 31.2 Å². The summed E-state index contributed by atoms with van der Waals surface area (Å²) >= 11 is 0. The molecule has 102 valence electrons. The van der Waals surface area contributed by atoms with E-state index in [1.54, 1.807) is 0 Å². The van der Waals surface area contributed by atoms with Gasteiger partial charge in [-0.3, -0.25) is 0 Å². The minimum atomic E-state index is -0.765. The zero-order chi connectivity index (χ0) is 14.2. The smallest absolute Gasteiger partial charge is 0.326 e. The number of aliphatic carboxylic acids is 1. The predicted molar refractivity (Wildman–Crippen MR) is 78.4 cm³/mol. The van der Waals surface area contributed by atoms with E-state index < -0.39 is 12.0 Å². The van der Waals surface area contributed by atoms with E-state index in [2.05, 4.69) is 32.9 Å². The van der Waals surface area contributed by atoms with Crippen molar-refractivity contribution < 1.29 is 9.90 Å². The number of anilines is 1. The Morgan fingerprint density at radius 1 is 1.37 bits per heavy atom. The minimum Gasteiger partial charge on any atom is -0.480 e. The van der Waals surface area contributed by atoms with Gasteiger partial charge in [0.1, 0.15) is 6.04 Å². The highest BCUT2D eigenvalue weighted by Crippen LogP contribution is 2.40. The highest BCUT2D eigenvalue weighted by atomic mass is 16.4. The third-order valence-electron chi connectivity index (χ3n) is 3.76. The number of hydrogen-bond acceptors (Lipinski definition) is 2. The predicted octanol–water partition coefficient (Wildman–Crippen LogP) is 3.55. The summed E-state index contributed by atoms with van der Waals surface area (Å²) in [7, 11) is 0. The third-order valence-corrected chi connectivity index (χ3v) is 3.76. The first kappa shape index (κ1) is 13.7. The van der Waals surface area contributed by atoms with Gasteiger partial charge in [0.15, 0.2) is 0 Å². The number of fused-ring (bicyclic) bond motifs is 1. The third kappa shape index (κ3) is 2.25. The molecule has 3 nitrogen and oxygen atoms in total. The molecule has 19 heavy (non-hydrogen) atoms. The number of benzene rings is 1. The van der Waals surface area contributed by atoms with Crippen molar-refractivity contribution in [1.29, 1.82) is 0 Å². The molecule has 0 radical (unpaired) electrons. The van der Waals surface area contributed by atoms with Crippen LogP contribution in [0.2, 0.25) is 0 Å². The average molecular weight is 259 g/mol. The first-order valence-corrected chi connectivity index (χ1v) is 6.69. The second-order valence-electron chi connectivity index (χ2n) is 5.63. The molecular weight excluding hydrogens is 238 g/mol. The van der Waals surface area contributed by atoms with Crippen LogP contribution in [0, 0.1) is 0 Å². The monoisotopic (exact) mass is 259 g/mol. The summed E-state index contributed by atoms with van der Waals surface area (Å²) in [6, 6.07) is 7.53. The first-order valence-electron chi connectivity index (χ1n) is 6.69. The standard InChI is InChI=1S/C16H21NO2/c1-5-13(15(18)19)17-14-9-7-6-8-12(14)11(2)10-16(17,3)4/h6-10,13H,5H2,1-4H3,(H,18,19)/t13-/m0/s1. The van der Waals surface area contributed by atoms with E-state index in [0.717, 1.165) is 11.3 Å². The van der Waals surface area contributed by atoms with E-state index in [0.29, 0.717) is 6.42 Å². The molecule has 1 heterocycles. The first-order chi connectivity index (χ1) is 8.88. The molecule has 0 spiro atoms. The maximum absolute atomic E-state index is 11.5. The van der Waals surface area contributed by atoms with E-state index in [1.165, 1.54) is 5.57 Å². The number of carboxylic acids is 1. The largest absolute Gasteiger partial charge is 0.480 e. The van der Waals surface area contributed by atoms with Gasteiger partial charge >= 0.3 is 5.97 Å². The zero-order valence-corrected chi connectivity index (χ0v) is 12.0. The fraction of sp³-hybridized carbons (Fsp3) is 0.438. The van der Waals surface area contributed by atoms with Crippen LogP contribution in [0.1, 0.15) is 39.7 Å². The summed E-state index contributed by atoms with van der Waals surface area (Å²) in [5, 5.41) is 9.49. The molecule has 2 rings (SSSR count). The molecule has 0 unspecified atom stereocenters. The fourth-order valence-electron chi connectivity index (χ4n) is 3.04. The number of rotatable bonds is 3. The summed E-state index contributed by atoms with van der Waals surface area (Å²) in [6.45, 7) is 8.14. The Kier molecular flexibility index (Phi) is 3.40. The molecule has 0 saturated carbocycles. The van der Waals surface area contributed by atoms with Gasteiger partial charge in [-0.15, -0.1) is 0 Å². The van der Waals surface area contributed by atoms with Crippen molar-refractivity contribution in [3.8, 4) is 0 Å². The van der Waals surface area contributed by atoms with Gasteiger partial charge in [-0.05, 0) is 38.8 Å². The summed E-state index contributed by atoms with van der Waals surface area (Å²) < 4.78 is 0. The van der Waals surface area contributed by atoms with Gasteiger partial charge in [0, 0.05) is 11.3 Å². The molecular formula is C16H21NO2. The van der Waals surface area contributed by atoms with E-state index in [-0.39, 0.29) is 5.54 Å². The van der Waals surface area contributed by atoms with Gasteiger partial charge in [0.2, 0.25) is 0 Å². The summed E-state index contributed by atoms with van der Waals surface area (Å²) in [6.07, 6.45) is 2.74. The molecule has 3 heteroatoms. The second kappa shape index (κ2) is 4.72. The normalized spacial score (nSPS) is 18.5. The molecule has 1 aromatic rings. The van der Waals surface area contributed by atoms with Gasteiger partial charge in [0.05, 0.1) is 5.54 Å². The van der Waals surface area contributed by atoms with Crippen molar-refractivity contribution in [3.63, 3.8) is 0 Å². The van der Waals surface area contributed by atoms with Crippen molar-refractivity contribution in [3.05, 3.63) is 35.9 Å². The molecule has 1 atom stereocenters. The summed E-state index contributed by atoms with van der Waals surface area (Å²) in [5.41, 5.74) is 3.05. The summed E-state index contributed by atoms with van der Waals surface area (Å²) in [5.74, 6) is -0.765. The van der Waals surface area contributed by atoms with Crippen LogP contribution in [0.3, 0.4) is 0 Å². The second-order valence-corrected chi connectivity index (χ2v) is 5.63. The molecule has 1 aliphatic heterocycles. The molecule has 0 aromatic heterocycles. The maximum atomic E-state index is 11.5. The topological polar surface area (TPSA) is 40.5 Å². The van der Waals surface area contributed by atoms with Crippen LogP contribution < -0.4 is 4.90 Å². The fourth-order valence-corrected chi connectivity index (χ4v) is 3.04. The van der Waals surface area contributed by atoms with E-state index in [9.17, 15) is 9.90 Å². The van der Waals surface area contributed by atoms with Crippen LogP contribution in [-0.2, 0) is 4.79 Å². The van der Waals surface area contributed by atoms with Gasteiger partial charge < -0.3 is 10.0 Å². The zero-order valence-electron chi connectivity index (χ0n) is 12.0. The molecule has 0 amide bonds. The SMILES string of the molecule is CC[C@@H](C(=O)O)N1c2ccccc2C(C)=CC1(C)C. The Hall–Kier alpha value is -1.77. The average Bonchev–Trinajstić information content (AvgIpc) is 2.33. The maximum Gasteiger partial charge on any atom is 0.326 e. The van der Waals surface area contributed by atoms with E-state index in [4.69, 9.17) is 0 Å². The number of para-hydroxylation sites is 1. The molecule has 0 bridgehead atoms. The lowest BCUT2D eigenvalue weighted by atomic mass is 9.87. The molecule has 1 aliphatic rings. The summed E-state index contributed by atoms with van der Waals surface area (Å²) in [4.78, 5) is 13.6. The van der Waals surface area contributed by atoms with Crippen molar-refractivity contribution in [1.82, 2.24) is 0 Å². The van der Waals surface area contributed by atoms with Crippen LogP contribution in [0.4, 0.5) is 5.69 Å².